The zero-order chi connectivity index (χ0) is 12.8. The second-order valence-corrected chi connectivity index (χ2v) is 6.67. The maximum Gasteiger partial charge on any atom is 0.195 e. The van der Waals surface area contributed by atoms with Gasteiger partial charge in [-0.1, -0.05) is 6.07 Å². The lowest BCUT2D eigenvalue weighted by Gasteiger charge is -2.00. The molecule has 0 amide bonds. The van der Waals surface area contributed by atoms with Crippen molar-refractivity contribution in [2.75, 3.05) is 0 Å². The minimum Gasteiger partial charge on any atom is -0.290 e. The van der Waals surface area contributed by atoms with Crippen molar-refractivity contribution >= 4 is 27.6 Å². The first kappa shape index (κ1) is 11.2. The van der Waals surface area contributed by atoms with E-state index in [1.807, 2.05) is 6.07 Å². The zero-order valence-electron chi connectivity index (χ0n) is 10.2. The van der Waals surface area contributed by atoms with Gasteiger partial charge in [0.25, 0.3) is 0 Å². The van der Waals surface area contributed by atoms with Crippen LogP contribution in [0.25, 0.3) is 15.5 Å². The smallest absolute Gasteiger partial charge is 0.195 e. The van der Waals surface area contributed by atoms with Crippen LogP contribution in [0.15, 0.2) is 17.5 Å². The van der Waals surface area contributed by atoms with Crippen LogP contribution in [0.2, 0.25) is 0 Å². The van der Waals surface area contributed by atoms with Gasteiger partial charge in [0.05, 0.1) is 23.1 Å². The summed E-state index contributed by atoms with van der Waals surface area (Å²) < 4.78 is 2.24. The Morgan fingerprint density at radius 3 is 3.16 bits per heavy atom. The van der Waals surface area contributed by atoms with E-state index in [0.29, 0.717) is 6.42 Å². The van der Waals surface area contributed by atoms with Gasteiger partial charge in [0.2, 0.25) is 0 Å². The molecule has 0 saturated heterocycles. The van der Waals surface area contributed by atoms with Gasteiger partial charge in [0.15, 0.2) is 4.96 Å². The Morgan fingerprint density at radius 1 is 1.42 bits per heavy atom. The van der Waals surface area contributed by atoms with E-state index in [9.17, 15) is 0 Å². The summed E-state index contributed by atoms with van der Waals surface area (Å²) >= 11 is 3.48. The van der Waals surface area contributed by atoms with Gasteiger partial charge in [-0.3, -0.25) is 4.40 Å². The van der Waals surface area contributed by atoms with Crippen molar-refractivity contribution in [2.45, 2.75) is 25.7 Å². The Labute approximate surface area is 118 Å². The molecule has 4 rings (SSSR count). The van der Waals surface area contributed by atoms with Gasteiger partial charge in [-0.15, -0.1) is 22.7 Å². The van der Waals surface area contributed by atoms with Gasteiger partial charge in [-0.25, -0.2) is 4.98 Å². The lowest BCUT2D eigenvalue weighted by Crippen LogP contribution is -1.96. The molecule has 0 bridgehead atoms. The highest BCUT2D eigenvalue weighted by Gasteiger charge is 2.24. The van der Waals surface area contributed by atoms with Gasteiger partial charge in [-0.2, -0.15) is 5.26 Å². The molecule has 0 N–H and O–H groups in total. The summed E-state index contributed by atoms with van der Waals surface area (Å²) in [5, 5.41) is 11.2. The topological polar surface area (TPSA) is 41.1 Å². The summed E-state index contributed by atoms with van der Waals surface area (Å²) in [7, 11) is 0. The van der Waals surface area contributed by atoms with E-state index in [4.69, 9.17) is 10.2 Å². The number of hydrogen-bond acceptors (Lipinski definition) is 4. The summed E-state index contributed by atoms with van der Waals surface area (Å²) in [5.74, 6) is 0. The molecule has 1 aliphatic rings. The van der Waals surface area contributed by atoms with Crippen LogP contribution in [0.1, 0.15) is 22.7 Å². The highest BCUT2D eigenvalue weighted by Crippen LogP contribution is 2.36. The minimum absolute atomic E-state index is 0.428. The Balaban J connectivity index is 2.02. The number of imidazole rings is 1. The monoisotopic (exact) mass is 285 g/mol. The molecule has 94 valence electrons. The Bertz CT molecular complexity index is 787. The molecule has 0 spiro atoms. The Hall–Kier alpha value is -1.64. The van der Waals surface area contributed by atoms with Gasteiger partial charge in [-0.05, 0) is 30.7 Å². The van der Waals surface area contributed by atoms with Crippen molar-refractivity contribution in [3.8, 4) is 16.6 Å². The Morgan fingerprint density at radius 2 is 2.37 bits per heavy atom. The number of thiazole rings is 1. The van der Waals surface area contributed by atoms with E-state index in [1.165, 1.54) is 23.4 Å². The number of rotatable bonds is 2. The van der Waals surface area contributed by atoms with Crippen LogP contribution in [-0.4, -0.2) is 9.38 Å². The first-order valence-corrected chi connectivity index (χ1v) is 8.01. The van der Waals surface area contributed by atoms with Gasteiger partial charge in [0.1, 0.15) is 5.69 Å². The molecule has 0 fully saturated rings. The molecule has 0 saturated carbocycles. The molecule has 0 atom stereocenters. The Kier molecular flexibility index (Phi) is 2.47. The average molecular weight is 285 g/mol. The van der Waals surface area contributed by atoms with E-state index >= 15 is 0 Å². The van der Waals surface area contributed by atoms with Gasteiger partial charge < -0.3 is 0 Å². The quantitative estimate of drug-likeness (QED) is 0.720. The third kappa shape index (κ3) is 1.57. The van der Waals surface area contributed by atoms with Crippen molar-refractivity contribution in [1.82, 2.24) is 9.38 Å². The predicted molar refractivity (Wildman–Crippen MR) is 77.7 cm³/mol. The molecule has 3 nitrogen and oxygen atoms in total. The number of hydrogen-bond donors (Lipinski definition) is 0. The number of fused-ring (bicyclic) bond motifs is 3. The molecule has 3 aromatic heterocycles. The molecule has 1 aliphatic carbocycles. The highest BCUT2D eigenvalue weighted by molar-refractivity contribution is 7.17. The van der Waals surface area contributed by atoms with E-state index in [0.717, 1.165) is 27.6 Å². The molecule has 3 heterocycles. The molecule has 0 radical (unpaired) electrons. The fourth-order valence-corrected chi connectivity index (χ4v) is 4.75. The van der Waals surface area contributed by atoms with Crippen LogP contribution in [0, 0.1) is 11.3 Å². The van der Waals surface area contributed by atoms with Crippen molar-refractivity contribution in [1.29, 1.82) is 5.26 Å². The summed E-state index contributed by atoms with van der Waals surface area (Å²) in [5.41, 5.74) is 3.46. The predicted octanol–water partition coefficient (Wildman–Crippen LogP) is 3.68. The normalized spacial score (nSPS) is 13.8. The standard InChI is InChI=1S/C14H11N3S2/c15-7-6-10-13(12-5-2-8-18-12)16-14-17(10)9-3-1-4-11(9)19-14/h2,5,8H,1,3-4,6H2. The van der Waals surface area contributed by atoms with Crippen molar-refractivity contribution in [3.05, 3.63) is 33.8 Å². The van der Waals surface area contributed by atoms with Crippen LogP contribution >= 0.6 is 22.7 Å². The largest absolute Gasteiger partial charge is 0.290 e. The second-order valence-electron chi connectivity index (χ2n) is 4.66. The second kappa shape index (κ2) is 4.19. The average Bonchev–Trinajstić information content (AvgIpc) is 3.09. The molecule has 19 heavy (non-hydrogen) atoms. The van der Waals surface area contributed by atoms with Crippen LogP contribution in [-0.2, 0) is 19.3 Å². The molecule has 0 aromatic carbocycles. The van der Waals surface area contributed by atoms with Crippen LogP contribution < -0.4 is 0 Å². The van der Waals surface area contributed by atoms with E-state index in [2.05, 4.69) is 21.9 Å². The fourth-order valence-electron chi connectivity index (χ4n) is 2.78. The molecule has 3 aromatic rings. The zero-order valence-corrected chi connectivity index (χ0v) is 11.9. The van der Waals surface area contributed by atoms with E-state index in [1.54, 1.807) is 22.7 Å². The lowest BCUT2D eigenvalue weighted by molar-refractivity contribution is 0.877. The van der Waals surface area contributed by atoms with Crippen LogP contribution in [0.3, 0.4) is 0 Å². The first-order valence-electron chi connectivity index (χ1n) is 6.31. The van der Waals surface area contributed by atoms with Crippen molar-refractivity contribution in [2.24, 2.45) is 0 Å². The highest BCUT2D eigenvalue weighted by atomic mass is 32.1. The third-order valence-electron chi connectivity index (χ3n) is 3.57. The number of thiophene rings is 1. The maximum atomic E-state index is 9.12. The van der Waals surface area contributed by atoms with E-state index < -0.39 is 0 Å². The van der Waals surface area contributed by atoms with Gasteiger partial charge >= 0.3 is 0 Å². The van der Waals surface area contributed by atoms with Crippen molar-refractivity contribution in [3.63, 3.8) is 0 Å². The molecular formula is C14H11N3S2. The van der Waals surface area contributed by atoms with Gasteiger partial charge in [0, 0.05) is 10.6 Å². The molecule has 0 aliphatic heterocycles. The van der Waals surface area contributed by atoms with Crippen molar-refractivity contribution < 1.29 is 0 Å². The number of aryl methyl sites for hydroxylation is 2. The van der Waals surface area contributed by atoms with Crippen LogP contribution in [0.4, 0.5) is 0 Å². The molecule has 0 unspecified atom stereocenters. The minimum atomic E-state index is 0.428. The fraction of sp³-hybridized carbons (Fsp3) is 0.286. The summed E-state index contributed by atoms with van der Waals surface area (Å²) in [4.78, 5) is 8.45. The lowest BCUT2D eigenvalue weighted by atomic mass is 10.2. The molecular weight excluding hydrogens is 274 g/mol. The third-order valence-corrected chi connectivity index (χ3v) is 5.59. The first-order chi connectivity index (χ1) is 9.38. The summed E-state index contributed by atoms with van der Waals surface area (Å²) in [6, 6.07) is 6.41. The number of nitriles is 1. The number of nitrogens with zero attached hydrogens (tertiary/aromatic N) is 3. The SMILES string of the molecule is N#CCc1c(-c2cccs2)nc2sc3c(n12)CCC3. The maximum absolute atomic E-state index is 9.12. The molecule has 5 heteroatoms. The van der Waals surface area contributed by atoms with E-state index in [-0.39, 0.29) is 0 Å². The summed E-state index contributed by atoms with van der Waals surface area (Å²) in [6.07, 6.45) is 3.95. The number of aromatic nitrogens is 2. The van der Waals surface area contributed by atoms with Crippen LogP contribution in [0.5, 0.6) is 0 Å². The summed E-state index contributed by atoms with van der Waals surface area (Å²) in [6.45, 7) is 0.